The van der Waals surface area contributed by atoms with Crippen LogP contribution in [0.3, 0.4) is 0 Å². The van der Waals surface area contributed by atoms with Crippen molar-refractivity contribution in [3.63, 3.8) is 0 Å². The highest BCUT2D eigenvalue weighted by molar-refractivity contribution is 7.09. The molecule has 136 valence electrons. The Bertz CT molecular complexity index is 831. The summed E-state index contributed by atoms with van der Waals surface area (Å²) in [5.41, 5.74) is 2.09. The number of nitrogens with one attached hydrogen (secondary N) is 1. The van der Waals surface area contributed by atoms with Gasteiger partial charge in [0.2, 0.25) is 11.8 Å². The van der Waals surface area contributed by atoms with Gasteiger partial charge in [-0.15, -0.1) is 11.3 Å². The van der Waals surface area contributed by atoms with E-state index in [1.54, 1.807) is 4.90 Å². The minimum absolute atomic E-state index is 0.0312. The lowest BCUT2D eigenvalue weighted by molar-refractivity contribution is -0.135. The fourth-order valence-electron chi connectivity index (χ4n) is 2.87. The zero-order chi connectivity index (χ0) is 18.7. The second-order valence-electron chi connectivity index (χ2n) is 6.21. The Hall–Kier alpha value is -2.74. The van der Waals surface area contributed by atoms with Crippen molar-refractivity contribution in [2.24, 2.45) is 0 Å². The van der Waals surface area contributed by atoms with Crippen LogP contribution in [0.5, 0.6) is 0 Å². The minimum atomic E-state index is -1.09. The third kappa shape index (κ3) is 4.08. The Kier molecular flexibility index (Phi) is 5.32. The molecule has 26 heavy (non-hydrogen) atoms. The molecule has 0 aliphatic carbocycles. The van der Waals surface area contributed by atoms with E-state index in [0.29, 0.717) is 24.4 Å². The van der Waals surface area contributed by atoms with Crippen LogP contribution in [0, 0.1) is 6.92 Å². The fraction of sp³-hybridized carbons (Fsp3) is 0.333. The van der Waals surface area contributed by atoms with Gasteiger partial charge >= 0.3 is 5.97 Å². The number of rotatable bonds is 6. The highest BCUT2D eigenvalue weighted by Crippen LogP contribution is 2.22. The summed E-state index contributed by atoms with van der Waals surface area (Å²) >= 11 is 1.18. The second kappa shape index (κ2) is 7.65. The molecule has 3 rings (SSSR count). The molecule has 0 radical (unpaired) electrons. The van der Waals surface area contributed by atoms with Crippen molar-refractivity contribution in [2.75, 3.05) is 0 Å². The maximum atomic E-state index is 12.5. The van der Waals surface area contributed by atoms with Crippen LogP contribution in [0.4, 0.5) is 0 Å². The quantitative estimate of drug-likeness (QED) is 0.806. The first-order valence-corrected chi connectivity index (χ1v) is 9.12. The summed E-state index contributed by atoms with van der Waals surface area (Å²) in [6.07, 6.45) is 0.832. The van der Waals surface area contributed by atoms with Crippen molar-refractivity contribution in [1.29, 1.82) is 0 Å². The zero-order valence-electron chi connectivity index (χ0n) is 14.3. The lowest BCUT2D eigenvalue weighted by Crippen LogP contribution is -2.44. The van der Waals surface area contributed by atoms with Crippen LogP contribution >= 0.6 is 11.3 Å². The number of aromatic nitrogens is 1. The molecule has 1 fully saturated rings. The normalized spacial score (nSPS) is 16.7. The van der Waals surface area contributed by atoms with Crippen LogP contribution in [0.1, 0.15) is 39.5 Å². The minimum Gasteiger partial charge on any atom is -0.476 e. The van der Waals surface area contributed by atoms with Gasteiger partial charge in [0.25, 0.3) is 0 Å². The molecule has 2 heterocycles. The van der Waals surface area contributed by atoms with Gasteiger partial charge in [0.1, 0.15) is 11.0 Å². The van der Waals surface area contributed by atoms with E-state index in [1.165, 1.54) is 16.7 Å². The lowest BCUT2D eigenvalue weighted by atomic mass is 10.1. The largest absolute Gasteiger partial charge is 0.476 e. The van der Waals surface area contributed by atoms with Crippen molar-refractivity contribution in [3.8, 4) is 0 Å². The molecule has 1 aromatic carbocycles. The number of likely N-dealkylation sites (tertiary alicyclic amines) is 1. The van der Waals surface area contributed by atoms with E-state index in [1.807, 2.05) is 31.2 Å². The molecular formula is C18H19N3O4S. The number of hydrogen-bond donors (Lipinski definition) is 2. The molecule has 2 aromatic rings. The molecule has 1 atom stereocenters. The topological polar surface area (TPSA) is 99.6 Å². The summed E-state index contributed by atoms with van der Waals surface area (Å²) in [6, 6.07) is 7.36. The smallest absolute Gasteiger partial charge is 0.355 e. The monoisotopic (exact) mass is 373 g/mol. The molecule has 2 N–H and O–H groups in total. The molecule has 2 amide bonds. The van der Waals surface area contributed by atoms with Crippen LogP contribution in [-0.2, 0) is 22.7 Å². The standard InChI is InChI=1S/C18H19N3O4S/c1-11-2-4-12(5-3-11)9-21-14(6-7-16(21)22)17(23)19-8-15-20-13(10-26-15)18(24)25/h2-5,10,14H,6-9H2,1H3,(H,19,23)(H,24,25). The Labute approximate surface area is 154 Å². The number of carbonyl (C=O) groups excluding carboxylic acids is 2. The van der Waals surface area contributed by atoms with E-state index < -0.39 is 12.0 Å². The van der Waals surface area contributed by atoms with Crippen LogP contribution in [-0.4, -0.2) is 38.8 Å². The molecule has 1 aliphatic rings. The molecule has 0 spiro atoms. The first-order chi connectivity index (χ1) is 12.4. The summed E-state index contributed by atoms with van der Waals surface area (Å²) < 4.78 is 0. The molecule has 7 nitrogen and oxygen atoms in total. The Morgan fingerprint density at radius 2 is 2.08 bits per heavy atom. The van der Waals surface area contributed by atoms with Crippen LogP contribution in [0.15, 0.2) is 29.6 Å². The Morgan fingerprint density at radius 1 is 1.35 bits per heavy atom. The maximum Gasteiger partial charge on any atom is 0.355 e. The zero-order valence-corrected chi connectivity index (χ0v) is 15.1. The van der Waals surface area contributed by atoms with E-state index in [2.05, 4.69) is 10.3 Å². The Balaban J connectivity index is 1.62. The van der Waals surface area contributed by atoms with Gasteiger partial charge in [-0.1, -0.05) is 29.8 Å². The number of aryl methyl sites for hydroxylation is 1. The van der Waals surface area contributed by atoms with Gasteiger partial charge in [-0.2, -0.15) is 0 Å². The molecule has 1 saturated heterocycles. The molecule has 1 aromatic heterocycles. The summed E-state index contributed by atoms with van der Waals surface area (Å²) in [5.74, 6) is -1.37. The molecular weight excluding hydrogens is 354 g/mol. The van der Waals surface area contributed by atoms with Crippen molar-refractivity contribution >= 4 is 29.1 Å². The van der Waals surface area contributed by atoms with E-state index in [-0.39, 0.29) is 24.1 Å². The number of aromatic carboxylic acids is 1. The first-order valence-electron chi connectivity index (χ1n) is 8.24. The molecule has 8 heteroatoms. The van der Waals surface area contributed by atoms with Gasteiger partial charge in [0, 0.05) is 18.3 Å². The van der Waals surface area contributed by atoms with Crippen molar-refractivity contribution in [2.45, 2.75) is 38.9 Å². The molecule has 0 bridgehead atoms. The number of nitrogens with zero attached hydrogens (tertiary/aromatic N) is 2. The van der Waals surface area contributed by atoms with Gasteiger partial charge in [0.15, 0.2) is 5.69 Å². The predicted molar refractivity (Wildman–Crippen MR) is 95.7 cm³/mol. The number of carboxylic acid groups (broad SMARTS) is 1. The number of carbonyl (C=O) groups is 3. The van der Waals surface area contributed by atoms with Crippen LogP contribution < -0.4 is 5.32 Å². The predicted octanol–water partition coefficient (Wildman–Crippen LogP) is 1.96. The number of amides is 2. The maximum absolute atomic E-state index is 12.5. The molecule has 1 aliphatic heterocycles. The van der Waals surface area contributed by atoms with Crippen LogP contribution in [0.2, 0.25) is 0 Å². The van der Waals surface area contributed by atoms with E-state index in [9.17, 15) is 14.4 Å². The van der Waals surface area contributed by atoms with E-state index in [4.69, 9.17) is 5.11 Å². The van der Waals surface area contributed by atoms with Crippen molar-refractivity contribution in [1.82, 2.24) is 15.2 Å². The van der Waals surface area contributed by atoms with Gasteiger partial charge in [-0.3, -0.25) is 9.59 Å². The van der Waals surface area contributed by atoms with Gasteiger partial charge in [0.05, 0.1) is 6.54 Å². The van der Waals surface area contributed by atoms with E-state index in [0.717, 1.165) is 11.1 Å². The summed E-state index contributed by atoms with van der Waals surface area (Å²) in [5, 5.41) is 13.6. The van der Waals surface area contributed by atoms with Gasteiger partial charge in [-0.25, -0.2) is 9.78 Å². The van der Waals surface area contributed by atoms with Crippen LogP contribution in [0.25, 0.3) is 0 Å². The van der Waals surface area contributed by atoms with Gasteiger partial charge < -0.3 is 15.3 Å². The highest BCUT2D eigenvalue weighted by atomic mass is 32.1. The first kappa shape index (κ1) is 18.1. The number of hydrogen-bond acceptors (Lipinski definition) is 5. The average Bonchev–Trinajstić information content (AvgIpc) is 3.23. The number of thiazole rings is 1. The summed E-state index contributed by atoms with van der Waals surface area (Å²) in [6.45, 7) is 2.55. The molecule has 0 saturated carbocycles. The highest BCUT2D eigenvalue weighted by Gasteiger charge is 2.35. The molecule has 1 unspecified atom stereocenters. The average molecular weight is 373 g/mol. The number of benzene rings is 1. The second-order valence-corrected chi connectivity index (χ2v) is 7.15. The summed E-state index contributed by atoms with van der Waals surface area (Å²) in [7, 11) is 0. The SMILES string of the molecule is Cc1ccc(CN2C(=O)CCC2C(=O)NCc2nc(C(=O)O)cs2)cc1. The third-order valence-corrected chi connectivity index (χ3v) is 5.14. The van der Waals surface area contributed by atoms with Gasteiger partial charge in [-0.05, 0) is 18.9 Å². The number of carboxylic acids is 1. The van der Waals surface area contributed by atoms with Crippen molar-refractivity contribution < 1.29 is 19.5 Å². The fourth-order valence-corrected chi connectivity index (χ4v) is 3.57. The van der Waals surface area contributed by atoms with Crippen molar-refractivity contribution in [3.05, 3.63) is 51.5 Å². The third-order valence-electron chi connectivity index (χ3n) is 4.29. The Morgan fingerprint density at radius 3 is 2.73 bits per heavy atom. The summed E-state index contributed by atoms with van der Waals surface area (Å²) in [4.78, 5) is 41.1. The lowest BCUT2D eigenvalue weighted by Gasteiger charge is -2.24. The van der Waals surface area contributed by atoms with E-state index >= 15 is 0 Å².